The third-order valence-electron chi connectivity index (χ3n) is 5.96. The zero-order valence-corrected chi connectivity index (χ0v) is 18.4. The number of hydrogen-bond acceptors (Lipinski definition) is 6. The van der Waals surface area contributed by atoms with Gasteiger partial charge in [-0.25, -0.2) is 0 Å². The molecule has 1 aromatic heterocycles. The molecular formula is C25H28N2O5. The van der Waals surface area contributed by atoms with E-state index in [0.717, 1.165) is 30.8 Å². The second-order valence-electron chi connectivity index (χ2n) is 7.88. The molecule has 168 valence electrons. The van der Waals surface area contributed by atoms with Crippen molar-refractivity contribution in [2.24, 2.45) is 0 Å². The van der Waals surface area contributed by atoms with E-state index in [2.05, 4.69) is 17.1 Å². The Morgan fingerprint density at radius 3 is 2.72 bits per heavy atom. The molecule has 1 fully saturated rings. The van der Waals surface area contributed by atoms with E-state index in [1.807, 2.05) is 12.1 Å². The standard InChI is InChI=1S/C25H28N2O5/c1-3-27-12-4-5-18(27)14-26-24(28)16-31-20-10-11-21-23(13-20)32-15-22(25(21)29)17-6-8-19(30-2)9-7-17/h6-11,13,15,18H,3-5,12,14,16H2,1-2H3,(H,26,28)/t18-/m1/s1. The fourth-order valence-electron chi connectivity index (χ4n) is 4.14. The Kier molecular flexibility index (Phi) is 6.75. The highest BCUT2D eigenvalue weighted by Crippen LogP contribution is 2.24. The number of nitrogens with one attached hydrogen (secondary N) is 1. The number of likely N-dealkylation sites (tertiary alicyclic amines) is 1. The first-order valence-electron chi connectivity index (χ1n) is 10.9. The van der Waals surface area contributed by atoms with Gasteiger partial charge in [0.25, 0.3) is 5.91 Å². The van der Waals surface area contributed by atoms with E-state index in [9.17, 15) is 9.59 Å². The zero-order chi connectivity index (χ0) is 22.5. The van der Waals surface area contributed by atoms with Crippen molar-refractivity contribution in [2.75, 3.05) is 33.4 Å². The first kappa shape index (κ1) is 21.9. The molecule has 1 aliphatic heterocycles. The summed E-state index contributed by atoms with van der Waals surface area (Å²) in [6.45, 7) is 4.78. The second-order valence-corrected chi connectivity index (χ2v) is 7.88. The molecule has 1 aliphatic rings. The average Bonchev–Trinajstić information content (AvgIpc) is 3.29. The molecule has 0 spiro atoms. The van der Waals surface area contributed by atoms with Crippen molar-refractivity contribution in [3.63, 3.8) is 0 Å². The number of nitrogens with zero attached hydrogens (tertiary/aromatic N) is 1. The van der Waals surface area contributed by atoms with Crippen LogP contribution in [0.25, 0.3) is 22.1 Å². The van der Waals surface area contributed by atoms with E-state index in [1.54, 1.807) is 37.4 Å². The van der Waals surface area contributed by atoms with Crippen LogP contribution in [-0.4, -0.2) is 50.2 Å². The Morgan fingerprint density at radius 1 is 1.19 bits per heavy atom. The lowest BCUT2D eigenvalue weighted by Crippen LogP contribution is -2.41. The van der Waals surface area contributed by atoms with Crippen LogP contribution in [0.2, 0.25) is 0 Å². The molecule has 4 rings (SSSR count). The molecule has 7 heteroatoms. The van der Waals surface area contributed by atoms with Crippen molar-refractivity contribution >= 4 is 16.9 Å². The molecule has 2 heterocycles. The number of amides is 1. The van der Waals surface area contributed by atoms with Crippen LogP contribution in [0.1, 0.15) is 19.8 Å². The predicted molar refractivity (Wildman–Crippen MR) is 123 cm³/mol. The number of carbonyl (C=O) groups excluding carboxylic acids is 1. The molecule has 1 amide bonds. The van der Waals surface area contributed by atoms with E-state index in [4.69, 9.17) is 13.9 Å². The normalized spacial score (nSPS) is 16.2. The maximum Gasteiger partial charge on any atom is 0.257 e. The summed E-state index contributed by atoms with van der Waals surface area (Å²) >= 11 is 0. The van der Waals surface area contributed by atoms with Crippen LogP contribution < -0.4 is 20.2 Å². The Labute approximate surface area is 186 Å². The molecule has 0 bridgehead atoms. The molecule has 0 saturated carbocycles. The minimum atomic E-state index is -0.163. The fourth-order valence-corrected chi connectivity index (χ4v) is 4.14. The molecule has 0 unspecified atom stereocenters. The topological polar surface area (TPSA) is 81.0 Å². The van der Waals surface area contributed by atoms with Crippen LogP contribution in [0, 0.1) is 0 Å². The highest BCUT2D eigenvalue weighted by Gasteiger charge is 2.23. The number of fused-ring (bicyclic) bond motifs is 1. The van der Waals surface area contributed by atoms with Gasteiger partial charge >= 0.3 is 0 Å². The number of benzene rings is 2. The summed E-state index contributed by atoms with van der Waals surface area (Å²) in [5.74, 6) is 1.03. The minimum Gasteiger partial charge on any atom is -0.497 e. The van der Waals surface area contributed by atoms with E-state index >= 15 is 0 Å². The lowest BCUT2D eigenvalue weighted by atomic mass is 10.1. The molecule has 7 nitrogen and oxygen atoms in total. The molecule has 1 saturated heterocycles. The smallest absolute Gasteiger partial charge is 0.257 e. The van der Waals surface area contributed by atoms with E-state index in [1.165, 1.54) is 12.7 Å². The zero-order valence-electron chi connectivity index (χ0n) is 18.4. The number of ether oxygens (including phenoxy) is 2. The van der Waals surface area contributed by atoms with Gasteiger partial charge in [-0.15, -0.1) is 0 Å². The number of rotatable bonds is 8. The molecule has 1 atom stereocenters. The van der Waals surface area contributed by atoms with Gasteiger partial charge in [-0.2, -0.15) is 0 Å². The summed E-state index contributed by atoms with van der Waals surface area (Å²) in [6, 6.07) is 12.6. The molecule has 0 aliphatic carbocycles. The Morgan fingerprint density at radius 2 is 1.97 bits per heavy atom. The van der Waals surface area contributed by atoms with Crippen molar-refractivity contribution < 1.29 is 18.7 Å². The Balaban J connectivity index is 1.40. The maximum atomic E-state index is 12.9. The summed E-state index contributed by atoms with van der Waals surface area (Å²) in [6.07, 6.45) is 3.73. The predicted octanol–water partition coefficient (Wildman–Crippen LogP) is 3.45. The maximum absolute atomic E-state index is 12.9. The third-order valence-corrected chi connectivity index (χ3v) is 5.96. The van der Waals surface area contributed by atoms with E-state index in [-0.39, 0.29) is 17.9 Å². The summed E-state index contributed by atoms with van der Waals surface area (Å²) in [4.78, 5) is 27.5. The van der Waals surface area contributed by atoms with E-state index < -0.39 is 0 Å². The van der Waals surface area contributed by atoms with Crippen LogP contribution in [0.15, 0.2) is 57.9 Å². The van der Waals surface area contributed by atoms with Gasteiger partial charge in [-0.1, -0.05) is 19.1 Å². The van der Waals surface area contributed by atoms with Gasteiger partial charge in [0, 0.05) is 18.7 Å². The minimum absolute atomic E-state index is 0.0848. The Bertz CT molecular complexity index is 1140. The van der Waals surface area contributed by atoms with Gasteiger partial charge in [0.2, 0.25) is 0 Å². The summed E-state index contributed by atoms with van der Waals surface area (Å²) in [5.41, 5.74) is 1.51. The number of likely N-dealkylation sites (N-methyl/N-ethyl adjacent to an activating group) is 1. The summed E-state index contributed by atoms with van der Waals surface area (Å²) in [5, 5.41) is 3.41. The molecule has 3 aromatic rings. The average molecular weight is 437 g/mol. The van der Waals surface area contributed by atoms with Crippen LogP contribution in [0.3, 0.4) is 0 Å². The molecule has 1 N–H and O–H groups in total. The van der Waals surface area contributed by atoms with Crippen molar-refractivity contribution in [1.29, 1.82) is 0 Å². The second kappa shape index (κ2) is 9.87. The van der Waals surface area contributed by atoms with Crippen molar-refractivity contribution in [3.05, 3.63) is 59.0 Å². The molecular weight excluding hydrogens is 408 g/mol. The van der Waals surface area contributed by atoms with Gasteiger partial charge in [0.05, 0.1) is 18.1 Å². The van der Waals surface area contributed by atoms with E-state index in [0.29, 0.717) is 34.9 Å². The third kappa shape index (κ3) is 4.78. The van der Waals surface area contributed by atoms with Crippen molar-refractivity contribution in [3.8, 4) is 22.6 Å². The van der Waals surface area contributed by atoms with Crippen molar-refractivity contribution in [2.45, 2.75) is 25.8 Å². The lowest BCUT2D eigenvalue weighted by molar-refractivity contribution is -0.123. The number of carbonyl (C=O) groups is 1. The van der Waals surface area contributed by atoms with Gasteiger partial charge in [-0.05, 0) is 55.8 Å². The fraction of sp³-hybridized carbons (Fsp3) is 0.360. The number of methoxy groups -OCH3 is 1. The van der Waals surface area contributed by atoms with Crippen LogP contribution >= 0.6 is 0 Å². The Hall–Kier alpha value is -3.32. The molecule has 0 radical (unpaired) electrons. The quantitative estimate of drug-likeness (QED) is 0.583. The largest absolute Gasteiger partial charge is 0.497 e. The summed E-state index contributed by atoms with van der Waals surface area (Å²) in [7, 11) is 1.60. The first-order chi connectivity index (χ1) is 15.6. The first-order valence-corrected chi connectivity index (χ1v) is 10.9. The highest BCUT2D eigenvalue weighted by molar-refractivity contribution is 5.83. The number of hydrogen-bond donors (Lipinski definition) is 1. The van der Waals surface area contributed by atoms with Gasteiger partial charge in [0.1, 0.15) is 23.3 Å². The SMILES string of the molecule is CCN1CCC[C@@H]1CNC(=O)COc1ccc2c(=O)c(-c3ccc(OC)cc3)coc2c1. The molecule has 2 aromatic carbocycles. The monoisotopic (exact) mass is 436 g/mol. The summed E-state index contributed by atoms with van der Waals surface area (Å²) < 4.78 is 16.5. The molecule has 32 heavy (non-hydrogen) atoms. The van der Waals surface area contributed by atoms with Gasteiger partial charge < -0.3 is 19.2 Å². The lowest BCUT2D eigenvalue weighted by Gasteiger charge is -2.22. The van der Waals surface area contributed by atoms with Crippen LogP contribution in [0.5, 0.6) is 11.5 Å². The van der Waals surface area contributed by atoms with Crippen LogP contribution in [-0.2, 0) is 4.79 Å². The van der Waals surface area contributed by atoms with Crippen molar-refractivity contribution in [1.82, 2.24) is 10.2 Å². The highest BCUT2D eigenvalue weighted by atomic mass is 16.5. The van der Waals surface area contributed by atoms with Crippen LogP contribution in [0.4, 0.5) is 0 Å². The van der Waals surface area contributed by atoms with Gasteiger partial charge in [0.15, 0.2) is 12.0 Å². The van der Waals surface area contributed by atoms with Gasteiger partial charge in [-0.3, -0.25) is 14.5 Å².